The van der Waals surface area contributed by atoms with E-state index in [0.29, 0.717) is 19.6 Å². The molecule has 2 heterocycles. The van der Waals surface area contributed by atoms with Gasteiger partial charge in [-0.25, -0.2) is 0 Å². The second kappa shape index (κ2) is 3.20. The third kappa shape index (κ3) is 1.86. The van der Waals surface area contributed by atoms with E-state index in [9.17, 15) is 5.11 Å². The molecule has 0 amide bonds. The highest BCUT2D eigenvalue weighted by Crippen LogP contribution is 2.29. The summed E-state index contributed by atoms with van der Waals surface area (Å²) in [6.45, 7) is 4.86. The van der Waals surface area contributed by atoms with Crippen LogP contribution in [0.5, 0.6) is 0 Å². The molecule has 2 aliphatic heterocycles. The van der Waals surface area contributed by atoms with Crippen molar-refractivity contribution in [3.63, 3.8) is 0 Å². The summed E-state index contributed by atoms with van der Waals surface area (Å²) in [7, 11) is 0. The van der Waals surface area contributed by atoms with Crippen LogP contribution in [0.4, 0.5) is 0 Å². The Bertz CT molecular complexity index is 192. The fraction of sp³-hybridized carbons (Fsp3) is 1.00. The molecule has 4 nitrogen and oxygen atoms in total. The summed E-state index contributed by atoms with van der Waals surface area (Å²) in [4.78, 5) is 0. The molecule has 2 rings (SSSR count). The maximum absolute atomic E-state index is 9.56. The third-order valence-electron chi connectivity index (χ3n) is 2.50. The van der Waals surface area contributed by atoms with E-state index in [1.54, 1.807) is 0 Å². The number of rotatable bonds is 1. The predicted molar refractivity (Wildman–Crippen MR) is 45.3 cm³/mol. The van der Waals surface area contributed by atoms with Gasteiger partial charge in [0.15, 0.2) is 5.79 Å². The minimum Gasteiger partial charge on any atom is -0.390 e. The second-order valence-corrected chi connectivity index (χ2v) is 4.06. The van der Waals surface area contributed by atoms with Gasteiger partial charge in [0, 0.05) is 6.61 Å². The highest BCUT2D eigenvalue weighted by molar-refractivity contribution is 4.86. The van der Waals surface area contributed by atoms with Crippen molar-refractivity contribution in [1.82, 2.24) is 0 Å². The van der Waals surface area contributed by atoms with Crippen LogP contribution in [0.3, 0.4) is 0 Å². The van der Waals surface area contributed by atoms with E-state index in [1.165, 1.54) is 0 Å². The van der Waals surface area contributed by atoms with Crippen LogP contribution in [0.15, 0.2) is 0 Å². The van der Waals surface area contributed by atoms with Crippen molar-refractivity contribution < 1.29 is 19.3 Å². The van der Waals surface area contributed by atoms with Gasteiger partial charge in [0.05, 0.1) is 12.7 Å². The molecule has 0 aromatic carbocycles. The number of aliphatic hydroxyl groups is 1. The molecule has 2 saturated heterocycles. The first-order valence-electron chi connectivity index (χ1n) is 4.70. The fourth-order valence-corrected chi connectivity index (χ4v) is 1.83. The van der Waals surface area contributed by atoms with Crippen molar-refractivity contribution in [2.45, 2.75) is 44.4 Å². The normalized spacial score (nSPS) is 44.1. The largest absolute Gasteiger partial charge is 0.390 e. The van der Waals surface area contributed by atoms with Gasteiger partial charge in [-0.3, -0.25) is 0 Å². The summed E-state index contributed by atoms with van der Waals surface area (Å²) < 4.78 is 16.4. The van der Waals surface area contributed by atoms with E-state index >= 15 is 0 Å². The van der Waals surface area contributed by atoms with Crippen LogP contribution in [0.25, 0.3) is 0 Å². The Balaban J connectivity index is 1.95. The number of hydrogen-bond donors (Lipinski definition) is 1. The van der Waals surface area contributed by atoms with Gasteiger partial charge in [0.25, 0.3) is 0 Å². The van der Waals surface area contributed by atoms with Crippen molar-refractivity contribution in [2.75, 3.05) is 13.2 Å². The van der Waals surface area contributed by atoms with Gasteiger partial charge in [-0.05, 0) is 20.3 Å². The van der Waals surface area contributed by atoms with Gasteiger partial charge in [-0.15, -0.1) is 0 Å². The topological polar surface area (TPSA) is 47.9 Å². The summed E-state index contributed by atoms with van der Waals surface area (Å²) >= 11 is 0. The maximum Gasteiger partial charge on any atom is 0.163 e. The summed E-state index contributed by atoms with van der Waals surface area (Å²) in [5.74, 6) is -0.531. The number of ether oxygens (including phenoxy) is 3. The van der Waals surface area contributed by atoms with Crippen LogP contribution in [-0.4, -0.2) is 42.4 Å². The Morgan fingerprint density at radius 1 is 1.38 bits per heavy atom. The van der Waals surface area contributed by atoms with Gasteiger partial charge >= 0.3 is 0 Å². The Hall–Kier alpha value is -0.160. The van der Waals surface area contributed by atoms with Crippen LogP contribution in [-0.2, 0) is 14.2 Å². The molecule has 0 aromatic heterocycles. The molecule has 0 spiro atoms. The maximum atomic E-state index is 9.56. The molecule has 0 bridgehead atoms. The standard InChI is InChI=1S/C9H16O4/c1-9(2)12-5-7(13-9)8-6(10)3-4-11-8/h6-8,10H,3-5H2,1-2H3/t6-,7+,8-/m0/s1. The average molecular weight is 188 g/mol. The van der Waals surface area contributed by atoms with Crippen molar-refractivity contribution in [3.05, 3.63) is 0 Å². The highest BCUT2D eigenvalue weighted by Gasteiger charge is 2.42. The Labute approximate surface area is 77.8 Å². The lowest BCUT2D eigenvalue weighted by atomic mass is 10.1. The summed E-state index contributed by atoms with van der Waals surface area (Å²) in [5.41, 5.74) is 0. The van der Waals surface area contributed by atoms with Gasteiger partial charge in [0.1, 0.15) is 12.2 Å². The highest BCUT2D eigenvalue weighted by atomic mass is 16.7. The zero-order valence-corrected chi connectivity index (χ0v) is 8.03. The third-order valence-corrected chi connectivity index (χ3v) is 2.50. The van der Waals surface area contributed by atoms with Crippen molar-refractivity contribution in [2.24, 2.45) is 0 Å². The smallest absolute Gasteiger partial charge is 0.163 e. The molecule has 76 valence electrons. The lowest BCUT2D eigenvalue weighted by Gasteiger charge is -2.22. The lowest BCUT2D eigenvalue weighted by molar-refractivity contribution is -0.157. The quantitative estimate of drug-likeness (QED) is 0.642. The summed E-state index contributed by atoms with van der Waals surface area (Å²) in [6.07, 6.45) is -0.0258. The zero-order valence-electron chi connectivity index (χ0n) is 8.03. The van der Waals surface area contributed by atoms with Gasteiger partial charge in [-0.2, -0.15) is 0 Å². The predicted octanol–water partition coefficient (Wildman–Crippen LogP) is 0.288. The van der Waals surface area contributed by atoms with E-state index in [-0.39, 0.29) is 12.2 Å². The van der Waals surface area contributed by atoms with E-state index < -0.39 is 11.9 Å². The molecular weight excluding hydrogens is 172 g/mol. The van der Waals surface area contributed by atoms with Crippen molar-refractivity contribution in [3.8, 4) is 0 Å². The fourth-order valence-electron chi connectivity index (χ4n) is 1.83. The number of aliphatic hydroxyl groups excluding tert-OH is 1. The molecule has 1 N–H and O–H groups in total. The Morgan fingerprint density at radius 2 is 2.15 bits per heavy atom. The first-order chi connectivity index (χ1) is 6.08. The zero-order chi connectivity index (χ0) is 9.47. The van der Waals surface area contributed by atoms with E-state index in [2.05, 4.69) is 0 Å². The molecule has 0 aromatic rings. The average Bonchev–Trinajstić information content (AvgIpc) is 2.56. The lowest BCUT2D eigenvalue weighted by Crippen LogP contribution is -2.37. The minimum atomic E-state index is -0.531. The summed E-state index contributed by atoms with van der Waals surface area (Å²) in [5, 5.41) is 9.56. The van der Waals surface area contributed by atoms with Gasteiger partial charge < -0.3 is 19.3 Å². The van der Waals surface area contributed by atoms with Crippen LogP contribution in [0.2, 0.25) is 0 Å². The molecule has 0 saturated carbocycles. The molecule has 0 unspecified atom stereocenters. The van der Waals surface area contributed by atoms with E-state index in [1.807, 2.05) is 13.8 Å². The van der Waals surface area contributed by atoms with Gasteiger partial charge in [-0.1, -0.05) is 0 Å². The van der Waals surface area contributed by atoms with E-state index in [0.717, 1.165) is 0 Å². The van der Waals surface area contributed by atoms with Crippen LogP contribution >= 0.6 is 0 Å². The second-order valence-electron chi connectivity index (χ2n) is 4.06. The minimum absolute atomic E-state index is 0.118. The molecule has 2 aliphatic rings. The van der Waals surface area contributed by atoms with Crippen molar-refractivity contribution >= 4 is 0 Å². The Kier molecular flexibility index (Phi) is 2.32. The molecule has 0 aliphatic carbocycles. The monoisotopic (exact) mass is 188 g/mol. The van der Waals surface area contributed by atoms with Crippen LogP contribution in [0.1, 0.15) is 20.3 Å². The first-order valence-corrected chi connectivity index (χ1v) is 4.70. The van der Waals surface area contributed by atoms with Crippen LogP contribution < -0.4 is 0 Å². The first kappa shape index (κ1) is 9.40. The Morgan fingerprint density at radius 3 is 2.62 bits per heavy atom. The summed E-state index contributed by atoms with van der Waals surface area (Å²) in [6, 6.07) is 0. The van der Waals surface area contributed by atoms with E-state index in [4.69, 9.17) is 14.2 Å². The molecule has 3 atom stereocenters. The van der Waals surface area contributed by atoms with Gasteiger partial charge in [0.2, 0.25) is 0 Å². The molecule has 2 fully saturated rings. The molecule has 0 radical (unpaired) electrons. The SMILES string of the molecule is CC1(C)OC[C@H]([C@H]2OCC[C@@H]2O)O1. The molecule has 4 heteroatoms. The van der Waals surface area contributed by atoms with Crippen LogP contribution in [0, 0.1) is 0 Å². The number of hydrogen-bond acceptors (Lipinski definition) is 4. The molecular formula is C9H16O4. The van der Waals surface area contributed by atoms with Crippen molar-refractivity contribution in [1.29, 1.82) is 0 Å². The molecule has 13 heavy (non-hydrogen) atoms.